The third kappa shape index (κ3) is 4.06. The quantitative estimate of drug-likeness (QED) is 0.786. The van der Waals surface area contributed by atoms with Crippen molar-refractivity contribution in [3.63, 3.8) is 0 Å². The summed E-state index contributed by atoms with van der Waals surface area (Å²) in [4.78, 5) is 24.9. The number of carbonyl (C=O) groups is 1. The Balaban J connectivity index is 1.91. The van der Waals surface area contributed by atoms with Crippen LogP contribution in [0, 0.1) is 11.7 Å². The number of amides is 1. The molecule has 0 aliphatic carbocycles. The molecule has 7 nitrogen and oxygen atoms in total. The molecular weight excluding hydrogens is 363 g/mol. The first-order valence-corrected chi connectivity index (χ1v) is 9.38. The summed E-state index contributed by atoms with van der Waals surface area (Å²) < 4.78 is 19.9. The van der Waals surface area contributed by atoms with Crippen molar-refractivity contribution in [3.8, 4) is 11.5 Å². The van der Waals surface area contributed by atoms with Gasteiger partial charge in [-0.3, -0.25) is 4.79 Å². The van der Waals surface area contributed by atoms with Gasteiger partial charge < -0.3 is 19.6 Å². The number of anilines is 1. The molecule has 1 fully saturated rings. The van der Waals surface area contributed by atoms with E-state index in [2.05, 4.69) is 9.97 Å². The van der Waals surface area contributed by atoms with E-state index in [1.807, 2.05) is 25.7 Å². The Morgan fingerprint density at radius 3 is 2.79 bits per heavy atom. The number of rotatable bonds is 7. The Morgan fingerprint density at radius 2 is 2.14 bits per heavy atom. The maximum atomic E-state index is 13.9. The first-order valence-electron chi connectivity index (χ1n) is 9.38. The number of aliphatic hydroxyl groups is 1. The molecule has 0 saturated carbocycles. The van der Waals surface area contributed by atoms with Gasteiger partial charge in [0.15, 0.2) is 11.6 Å². The number of aromatic nitrogens is 2. The molecule has 1 aliphatic rings. The minimum atomic E-state index is -0.506. The van der Waals surface area contributed by atoms with Crippen LogP contribution in [0.3, 0.4) is 0 Å². The molecule has 1 saturated heterocycles. The van der Waals surface area contributed by atoms with Gasteiger partial charge in [0.25, 0.3) is 5.91 Å². The normalized spacial score (nSPS) is 14.1. The number of aliphatic hydroxyl groups excluding tert-OH is 1. The summed E-state index contributed by atoms with van der Waals surface area (Å²) in [5.41, 5.74) is 0.155. The zero-order chi connectivity index (χ0) is 20.3. The first-order chi connectivity index (χ1) is 13.4. The van der Waals surface area contributed by atoms with Gasteiger partial charge in [-0.2, -0.15) is 0 Å². The van der Waals surface area contributed by atoms with Gasteiger partial charge in [0.1, 0.15) is 17.9 Å². The lowest BCUT2D eigenvalue weighted by atomic mass is 10.0. The standard InChI is InChI=1S/C20H25FN4O3/c1-4-25(13(2)3)20(27)16-7-15(21)5-6-17(16)28-18-8-22-12-23-19(18)24-9-14(10-24)11-26/h5-8,12-14,26H,4,9-11H2,1-3H3. The Kier molecular flexibility index (Phi) is 6.08. The van der Waals surface area contributed by atoms with Gasteiger partial charge >= 0.3 is 0 Å². The molecule has 0 unspecified atom stereocenters. The molecule has 28 heavy (non-hydrogen) atoms. The van der Waals surface area contributed by atoms with Crippen LogP contribution < -0.4 is 9.64 Å². The molecule has 8 heteroatoms. The summed E-state index contributed by atoms with van der Waals surface area (Å²) >= 11 is 0. The number of nitrogens with zero attached hydrogens (tertiary/aromatic N) is 4. The van der Waals surface area contributed by atoms with Gasteiger partial charge in [-0.1, -0.05) is 0 Å². The molecule has 2 heterocycles. The number of benzene rings is 1. The Hall–Kier alpha value is -2.74. The molecule has 1 N–H and O–H groups in total. The molecule has 3 rings (SSSR count). The molecule has 0 spiro atoms. The fourth-order valence-electron chi connectivity index (χ4n) is 3.25. The number of ether oxygens (including phenoxy) is 1. The third-order valence-electron chi connectivity index (χ3n) is 4.79. The zero-order valence-electron chi connectivity index (χ0n) is 16.3. The van der Waals surface area contributed by atoms with Crippen LogP contribution in [0.5, 0.6) is 11.5 Å². The van der Waals surface area contributed by atoms with E-state index in [1.165, 1.54) is 30.7 Å². The van der Waals surface area contributed by atoms with E-state index in [1.54, 1.807) is 4.90 Å². The SMILES string of the molecule is CCN(C(=O)c1cc(F)ccc1Oc1cncnc1N1CC(CO)C1)C(C)C. The van der Waals surface area contributed by atoms with E-state index in [0.717, 1.165) is 0 Å². The second kappa shape index (κ2) is 8.52. The summed E-state index contributed by atoms with van der Waals surface area (Å²) in [6.45, 7) is 7.64. The minimum absolute atomic E-state index is 0.0271. The molecule has 1 aromatic heterocycles. The zero-order valence-corrected chi connectivity index (χ0v) is 16.3. The minimum Gasteiger partial charge on any atom is -0.451 e. The highest BCUT2D eigenvalue weighted by Gasteiger charge is 2.30. The average Bonchev–Trinajstić information content (AvgIpc) is 2.63. The molecule has 2 aromatic rings. The lowest BCUT2D eigenvalue weighted by Gasteiger charge is -2.39. The number of hydrogen-bond acceptors (Lipinski definition) is 6. The van der Waals surface area contributed by atoms with Crippen LogP contribution in [-0.4, -0.2) is 58.2 Å². The Labute approximate surface area is 163 Å². The van der Waals surface area contributed by atoms with Crippen molar-refractivity contribution < 1.29 is 19.0 Å². The maximum absolute atomic E-state index is 13.9. The smallest absolute Gasteiger partial charge is 0.257 e. The predicted octanol–water partition coefficient (Wildman–Crippen LogP) is 2.71. The van der Waals surface area contributed by atoms with E-state index in [0.29, 0.717) is 31.2 Å². The fourth-order valence-corrected chi connectivity index (χ4v) is 3.25. The molecular formula is C20H25FN4O3. The topological polar surface area (TPSA) is 78.8 Å². The summed E-state index contributed by atoms with van der Waals surface area (Å²) in [6.07, 6.45) is 2.94. The van der Waals surface area contributed by atoms with Gasteiger partial charge in [0, 0.05) is 38.2 Å². The fraction of sp³-hybridized carbons (Fsp3) is 0.450. The highest BCUT2D eigenvalue weighted by atomic mass is 19.1. The van der Waals surface area contributed by atoms with Crippen molar-refractivity contribution in [1.82, 2.24) is 14.9 Å². The molecule has 1 amide bonds. The third-order valence-corrected chi connectivity index (χ3v) is 4.79. The van der Waals surface area contributed by atoms with Gasteiger partial charge in [-0.15, -0.1) is 0 Å². The van der Waals surface area contributed by atoms with Gasteiger partial charge in [-0.05, 0) is 39.0 Å². The number of carbonyl (C=O) groups excluding carboxylic acids is 1. The summed E-state index contributed by atoms with van der Waals surface area (Å²) in [5, 5.41) is 9.23. The highest BCUT2D eigenvalue weighted by molar-refractivity contribution is 5.97. The molecule has 1 aromatic carbocycles. The van der Waals surface area contributed by atoms with Crippen LogP contribution in [0.4, 0.5) is 10.2 Å². The van der Waals surface area contributed by atoms with Crippen LogP contribution in [0.1, 0.15) is 31.1 Å². The van der Waals surface area contributed by atoms with Crippen LogP contribution in [0.2, 0.25) is 0 Å². The summed E-state index contributed by atoms with van der Waals surface area (Å²) in [6, 6.07) is 3.87. The summed E-state index contributed by atoms with van der Waals surface area (Å²) in [7, 11) is 0. The van der Waals surface area contributed by atoms with Gasteiger partial charge in [-0.25, -0.2) is 14.4 Å². The molecule has 0 bridgehead atoms. The lowest BCUT2D eigenvalue weighted by molar-refractivity contribution is 0.0713. The van der Waals surface area contributed by atoms with Crippen LogP contribution >= 0.6 is 0 Å². The van der Waals surface area contributed by atoms with Crippen molar-refractivity contribution in [2.45, 2.75) is 26.8 Å². The Bertz CT molecular complexity index is 840. The van der Waals surface area contributed by atoms with E-state index >= 15 is 0 Å². The van der Waals surface area contributed by atoms with Gasteiger partial charge in [0.05, 0.1) is 11.8 Å². The summed E-state index contributed by atoms with van der Waals surface area (Å²) in [5.74, 6) is 0.616. The molecule has 1 aliphatic heterocycles. The van der Waals surface area contributed by atoms with E-state index < -0.39 is 5.82 Å². The largest absolute Gasteiger partial charge is 0.451 e. The Morgan fingerprint density at radius 1 is 1.39 bits per heavy atom. The van der Waals surface area contributed by atoms with Crippen molar-refractivity contribution in [2.75, 3.05) is 31.1 Å². The molecule has 150 valence electrons. The van der Waals surface area contributed by atoms with Crippen LogP contribution in [-0.2, 0) is 0 Å². The first kappa shape index (κ1) is 20.0. The van der Waals surface area contributed by atoms with Crippen LogP contribution in [0.25, 0.3) is 0 Å². The maximum Gasteiger partial charge on any atom is 0.257 e. The highest BCUT2D eigenvalue weighted by Crippen LogP contribution is 2.35. The van der Waals surface area contributed by atoms with E-state index in [4.69, 9.17) is 4.74 Å². The van der Waals surface area contributed by atoms with Crippen molar-refractivity contribution in [2.24, 2.45) is 5.92 Å². The van der Waals surface area contributed by atoms with Gasteiger partial charge in [0.2, 0.25) is 0 Å². The molecule has 0 atom stereocenters. The van der Waals surface area contributed by atoms with E-state index in [9.17, 15) is 14.3 Å². The second-order valence-corrected chi connectivity index (χ2v) is 7.09. The monoisotopic (exact) mass is 388 g/mol. The van der Waals surface area contributed by atoms with Crippen LogP contribution in [0.15, 0.2) is 30.7 Å². The van der Waals surface area contributed by atoms with Crippen molar-refractivity contribution in [1.29, 1.82) is 0 Å². The lowest BCUT2D eigenvalue weighted by Crippen LogP contribution is -2.48. The predicted molar refractivity (Wildman–Crippen MR) is 103 cm³/mol. The number of halogens is 1. The molecule has 0 radical (unpaired) electrons. The van der Waals surface area contributed by atoms with E-state index in [-0.39, 0.29) is 35.8 Å². The number of hydrogen-bond donors (Lipinski definition) is 1. The second-order valence-electron chi connectivity index (χ2n) is 7.09. The average molecular weight is 388 g/mol. The van der Waals surface area contributed by atoms with Crippen molar-refractivity contribution >= 4 is 11.7 Å². The van der Waals surface area contributed by atoms with Crippen molar-refractivity contribution in [3.05, 3.63) is 42.1 Å².